The average Bonchev–Trinajstić information content (AvgIpc) is 3.61. The summed E-state index contributed by atoms with van der Waals surface area (Å²) in [7, 11) is 0. The fourth-order valence-electron chi connectivity index (χ4n) is 7.73. The van der Waals surface area contributed by atoms with Gasteiger partial charge in [-0.05, 0) is 98.0 Å². The van der Waals surface area contributed by atoms with Gasteiger partial charge in [0.05, 0.1) is 11.4 Å². The maximum absolute atomic E-state index is 6.72. The normalized spacial score (nSPS) is 11.8. The molecule has 4 aromatic carbocycles. The number of fused-ring (bicyclic) bond motifs is 3. The van der Waals surface area contributed by atoms with Crippen molar-refractivity contribution in [3.8, 4) is 34.1 Å². The zero-order valence-electron chi connectivity index (χ0n) is 32.7. The molecule has 53 heavy (non-hydrogen) atoms. The number of hydrogen-bond donors (Lipinski definition) is 0. The van der Waals surface area contributed by atoms with Crippen molar-refractivity contribution in [1.29, 1.82) is 0 Å². The van der Waals surface area contributed by atoms with Crippen molar-refractivity contribution in [2.24, 2.45) is 0 Å². The number of aryl methyl sites for hydroxylation is 5. The predicted octanol–water partition coefficient (Wildman–Crippen LogP) is 12.4. The number of ether oxygens (including phenoxy) is 1. The van der Waals surface area contributed by atoms with Gasteiger partial charge in [-0.15, -0.1) is 41.3 Å². The summed E-state index contributed by atoms with van der Waals surface area (Å²) in [6, 6.07) is 33.1. The van der Waals surface area contributed by atoms with E-state index in [1.54, 1.807) is 0 Å². The van der Waals surface area contributed by atoms with Crippen molar-refractivity contribution < 1.29 is 25.2 Å². The molecule has 0 spiro atoms. The fourth-order valence-corrected chi connectivity index (χ4v) is 7.73. The summed E-state index contributed by atoms with van der Waals surface area (Å²) >= 11 is 0. The smallest absolute Gasteiger partial charge is 0.509 e. The molecule has 0 atom stereocenters. The third-order valence-electron chi connectivity index (χ3n) is 10.1. The van der Waals surface area contributed by atoms with E-state index in [2.05, 4.69) is 157 Å². The van der Waals surface area contributed by atoms with Crippen LogP contribution in [0, 0.1) is 39.8 Å². The Labute approximate surface area is 329 Å². The van der Waals surface area contributed by atoms with E-state index in [9.17, 15) is 0 Å². The quantitative estimate of drug-likeness (QED) is 0.108. The SMILES string of the molecule is CCCCc1ccnc(-n2c3[c-]c(Oc4[c-]c(-n5nc(C)c(-c6c(C)cc(C)cc6C)c5C(C)(C)C)cc(C(C)C)c4)ccc3c3ccccc32)c1.[Pd+2]. The standard InChI is InChI=1S/C47H50N4O.Pd/c1-11-12-15-34-20-21-48-43(24-34)50-41-17-14-13-16-39(41)40-19-18-37(28-42(40)50)52-38-26-35(29(2)3)25-36(27-38)51-46(47(8,9)10)45(33(7)49-51)44-31(5)22-30(4)23-32(44)6;/h13-14,16-26,29H,11-12,15H2,1-10H3;/q-2;+2. The van der Waals surface area contributed by atoms with Crippen LogP contribution in [0.15, 0.2) is 79.0 Å². The molecule has 274 valence electrons. The van der Waals surface area contributed by atoms with E-state index in [1.165, 1.54) is 33.4 Å². The molecule has 0 saturated carbocycles. The summed E-state index contributed by atoms with van der Waals surface area (Å²) in [6.07, 6.45) is 5.26. The Kier molecular flexibility index (Phi) is 10.9. The van der Waals surface area contributed by atoms with Gasteiger partial charge in [0.2, 0.25) is 0 Å². The minimum absolute atomic E-state index is 0. The van der Waals surface area contributed by atoms with Crippen LogP contribution >= 0.6 is 0 Å². The number of unbranched alkanes of at least 4 members (excludes halogenated alkanes) is 1. The second kappa shape index (κ2) is 15.1. The van der Waals surface area contributed by atoms with Gasteiger partial charge in [-0.1, -0.05) is 89.4 Å². The summed E-state index contributed by atoms with van der Waals surface area (Å²) < 4.78 is 11.0. The Morgan fingerprint density at radius 1 is 0.811 bits per heavy atom. The van der Waals surface area contributed by atoms with Crippen molar-refractivity contribution in [1.82, 2.24) is 19.3 Å². The van der Waals surface area contributed by atoms with E-state index in [0.717, 1.165) is 69.5 Å². The van der Waals surface area contributed by atoms with Crippen LogP contribution in [-0.2, 0) is 32.3 Å². The van der Waals surface area contributed by atoms with E-state index in [-0.39, 0.29) is 31.8 Å². The van der Waals surface area contributed by atoms with Crippen molar-refractivity contribution >= 4 is 21.8 Å². The largest absolute Gasteiger partial charge is 2.00 e. The predicted molar refractivity (Wildman–Crippen MR) is 216 cm³/mol. The third kappa shape index (κ3) is 7.37. The van der Waals surface area contributed by atoms with Gasteiger partial charge in [-0.25, -0.2) is 4.98 Å². The van der Waals surface area contributed by atoms with E-state index in [4.69, 9.17) is 14.8 Å². The molecule has 7 rings (SSSR count). The Balaban J connectivity index is 0.00000481. The monoisotopic (exact) mass is 792 g/mol. The summed E-state index contributed by atoms with van der Waals surface area (Å²) in [5.74, 6) is 2.42. The van der Waals surface area contributed by atoms with Crippen LogP contribution in [0.25, 0.3) is 44.4 Å². The molecule has 0 radical (unpaired) electrons. The Morgan fingerprint density at radius 3 is 2.25 bits per heavy atom. The molecule has 0 aliphatic rings. The van der Waals surface area contributed by atoms with E-state index in [0.29, 0.717) is 11.5 Å². The van der Waals surface area contributed by atoms with Gasteiger partial charge in [-0.3, -0.25) is 4.68 Å². The summed E-state index contributed by atoms with van der Waals surface area (Å²) in [4.78, 5) is 4.84. The van der Waals surface area contributed by atoms with Crippen LogP contribution in [0.1, 0.15) is 99.5 Å². The molecular formula is C47H50N4OPd. The molecule has 3 heterocycles. The number of aromatic nitrogens is 4. The van der Waals surface area contributed by atoms with Crippen molar-refractivity contribution in [2.45, 2.75) is 99.8 Å². The molecule has 0 saturated heterocycles. The average molecular weight is 793 g/mol. The molecular weight excluding hydrogens is 743 g/mol. The number of para-hydroxylation sites is 1. The van der Waals surface area contributed by atoms with Gasteiger partial charge >= 0.3 is 20.4 Å². The molecule has 7 aromatic rings. The molecule has 0 amide bonds. The van der Waals surface area contributed by atoms with Gasteiger partial charge in [0.15, 0.2) is 0 Å². The summed E-state index contributed by atoms with van der Waals surface area (Å²) in [5, 5.41) is 7.50. The molecule has 6 heteroatoms. The van der Waals surface area contributed by atoms with Gasteiger partial charge in [-0.2, -0.15) is 11.2 Å². The van der Waals surface area contributed by atoms with Crippen LogP contribution < -0.4 is 4.74 Å². The Bertz CT molecular complexity index is 2420. The van der Waals surface area contributed by atoms with Gasteiger partial charge in [0.25, 0.3) is 0 Å². The van der Waals surface area contributed by atoms with Crippen molar-refractivity contribution in [2.75, 3.05) is 0 Å². The van der Waals surface area contributed by atoms with E-state index < -0.39 is 0 Å². The second-order valence-corrected chi connectivity index (χ2v) is 15.7. The zero-order chi connectivity index (χ0) is 36.9. The first-order valence-corrected chi connectivity index (χ1v) is 18.7. The second-order valence-electron chi connectivity index (χ2n) is 15.7. The molecule has 3 aromatic heterocycles. The first-order valence-electron chi connectivity index (χ1n) is 18.7. The maximum Gasteiger partial charge on any atom is 2.00 e. The first-order chi connectivity index (χ1) is 24.8. The van der Waals surface area contributed by atoms with Crippen LogP contribution in [0.5, 0.6) is 11.5 Å². The first kappa shape index (κ1) is 38.2. The maximum atomic E-state index is 6.72. The topological polar surface area (TPSA) is 44.9 Å². The zero-order valence-corrected chi connectivity index (χ0v) is 34.3. The van der Waals surface area contributed by atoms with Gasteiger partial charge in [0, 0.05) is 34.2 Å². The molecule has 0 unspecified atom stereocenters. The summed E-state index contributed by atoms with van der Waals surface area (Å²) in [6.45, 7) is 22.2. The number of rotatable bonds is 9. The van der Waals surface area contributed by atoms with Gasteiger partial charge < -0.3 is 9.30 Å². The number of pyridine rings is 1. The van der Waals surface area contributed by atoms with Crippen LogP contribution in [0.4, 0.5) is 0 Å². The van der Waals surface area contributed by atoms with Crippen LogP contribution in [0.3, 0.4) is 0 Å². The summed E-state index contributed by atoms with van der Waals surface area (Å²) in [5.41, 5.74) is 13.6. The minimum atomic E-state index is -0.197. The van der Waals surface area contributed by atoms with Crippen LogP contribution in [-0.4, -0.2) is 19.3 Å². The van der Waals surface area contributed by atoms with E-state index >= 15 is 0 Å². The van der Waals surface area contributed by atoms with Crippen molar-refractivity contribution in [3.05, 3.63) is 130 Å². The van der Waals surface area contributed by atoms with Gasteiger partial charge in [0.1, 0.15) is 5.82 Å². The fraction of sp³-hybridized carbons (Fsp3) is 0.319. The molecule has 0 N–H and O–H groups in total. The molecule has 0 fully saturated rings. The molecule has 0 aliphatic heterocycles. The molecule has 0 aliphatic carbocycles. The van der Waals surface area contributed by atoms with Crippen LogP contribution in [0.2, 0.25) is 0 Å². The van der Waals surface area contributed by atoms with E-state index in [1.807, 2.05) is 12.3 Å². The Morgan fingerprint density at radius 2 is 1.55 bits per heavy atom. The molecule has 0 bridgehead atoms. The minimum Gasteiger partial charge on any atom is -0.509 e. The van der Waals surface area contributed by atoms with Crippen molar-refractivity contribution in [3.63, 3.8) is 0 Å². The number of nitrogens with zero attached hydrogens (tertiary/aromatic N) is 4. The molecule has 5 nitrogen and oxygen atoms in total. The third-order valence-corrected chi connectivity index (χ3v) is 10.1. The number of benzene rings is 4. The Hall–Kier alpha value is -4.50. The number of hydrogen-bond acceptors (Lipinski definition) is 3.